The van der Waals surface area contributed by atoms with Gasteiger partial charge in [0.2, 0.25) is 0 Å². The number of aromatic nitrogens is 2. The van der Waals surface area contributed by atoms with Crippen molar-refractivity contribution in [3.8, 4) is 0 Å². The van der Waals surface area contributed by atoms with Crippen LogP contribution in [0.3, 0.4) is 0 Å². The van der Waals surface area contributed by atoms with E-state index in [1.165, 1.54) is 86.4 Å². The van der Waals surface area contributed by atoms with Gasteiger partial charge in [-0.1, -0.05) is 245 Å². The zero-order valence-electron chi connectivity index (χ0n) is 54.1. The molecule has 8 nitrogen and oxygen atoms in total. The number of benzene rings is 2. The van der Waals surface area contributed by atoms with Crippen LogP contribution >= 0.6 is 73.7 Å². The summed E-state index contributed by atoms with van der Waals surface area (Å²) in [6.07, 6.45) is 27.8. The fraction of sp³-hybridized carbons (Fsp3) is 0.788. The molecule has 0 aliphatic carbocycles. The van der Waals surface area contributed by atoms with Crippen molar-refractivity contribution in [1.82, 2.24) is 9.97 Å². The highest BCUT2D eigenvalue weighted by molar-refractivity contribution is 9.35. The van der Waals surface area contributed by atoms with Crippen LogP contribution in [0, 0.1) is 35.5 Å². The quantitative estimate of drug-likeness (QED) is 0.0239. The molecular formula is C66H116N2O6S7Si2. The molecule has 0 aliphatic rings. The number of thiazole rings is 2. The molecule has 17 heteroatoms. The summed E-state index contributed by atoms with van der Waals surface area (Å²) in [6, 6.07) is 17.3. The predicted molar refractivity (Wildman–Crippen MR) is 379 cm³/mol. The highest BCUT2D eigenvalue weighted by atomic mass is 33.8. The van der Waals surface area contributed by atoms with Crippen LogP contribution in [0.25, 0.3) is 20.4 Å². The van der Waals surface area contributed by atoms with Crippen LogP contribution in [-0.4, -0.2) is 78.7 Å². The number of fused-ring (bicyclic) bond motifs is 2. The van der Waals surface area contributed by atoms with E-state index in [-0.39, 0.29) is 11.1 Å². The van der Waals surface area contributed by atoms with Gasteiger partial charge in [0.15, 0.2) is 0 Å². The maximum Gasteiger partial charge on any atom is 0.512 e. The Morgan fingerprint density at radius 2 is 0.614 bits per heavy atom. The van der Waals surface area contributed by atoms with Crippen molar-refractivity contribution in [2.75, 3.05) is 51.1 Å². The van der Waals surface area contributed by atoms with E-state index in [0.717, 1.165) is 110 Å². The van der Waals surface area contributed by atoms with E-state index in [0.29, 0.717) is 75.1 Å². The molecule has 83 heavy (non-hydrogen) atoms. The lowest BCUT2D eigenvalue weighted by molar-refractivity contribution is 0.0180. The number of hydrogen-bond acceptors (Lipinski definition) is 15. The maximum atomic E-state index is 7.58. The van der Waals surface area contributed by atoms with Crippen molar-refractivity contribution >= 4 is 112 Å². The Hall–Kier alpha value is 0.164. The Balaban J connectivity index is 1.75. The van der Waals surface area contributed by atoms with Gasteiger partial charge in [-0.2, -0.15) is 0 Å². The maximum absolute atomic E-state index is 7.58. The molecule has 0 saturated carbocycles. The van der Waals surface area contributed by atoms with Crippen molar-refractivity contribution in [3.63, 3.8) is 0 Å². The summed E-state index contributed by atoms with van der Waals surface area (Å²) < 4.78 is 47.9. The second-order valence-electron chi connectivity index (χ2n) is 23.5. The van der Waals surface area contributed by atoms with Crippen LogP contribution in [0.2, 0.25) is 0 Å². The lowest BCUT2D eigenvalue weighted by Crippen LogP contribution is -2.55. The molecule has 0 N–H and O–H groups in total. The van der Waals surface area contributed by atoms with E-state index in [9.17, 15) is 0 Å². The van der Waals surface area contributed by atoms with Gasteiger partial charge >= 0.3 is 17.6 Å². The first kappa shape index (κ1) is 75.6. The topological polar surface area (TPSA) is 81.2 Å². The van der Waals surface area contributed by atoms with Crippen LogP contribution in [0.1, 0.15) is 258 Å². The third-order valence-corrected chi connectivity index (χ3v) is 35.2. The molecular weight excluding hydrogens is 1200 g/mol. The number of para-hydroxylation sites is 2. The van der Waals surface area contributed by atoms with Gasteiger partial charge < -0.3 is 26.6 Å². The Kier molecular flexibility index (Phi) is 41.4. The number of unbranched alkanes of at least 4 members (excludes halogenated alkanes) is 6. The largest absolute Gasteiger partial charge is 0.512 e. The standard InChI is InChI=1S/C66H116N2O6S7Si2/c1-13-25-35-53(19-7)45-69-82(70-46-54(20-8)36-26-14-2,71-47-55(21-9)37-27-15-3)63(65-67-59-41-31-33-43-61(59)77-65)51-75-79-81-80-76-52-64(66-68-60-42-32-34-44-62(60)78-66)83(72-48-56(22-10)38-28-16-4,73-49-57(23-11)39-29-17-5)74-50-58(24-12)40-30-18-6/h31-34,41-44,53-58,63-64H,13-30,35-40,45-52H2,1-12H3. The lowest BCUT2D eigenvalue weighted by atomic mass is 10.0. The molecule has 2 heterocycles. The SMILES string of the molecule is CCCCC(CC)CO[Si](OCC(CC)CCCC)(OCC(CC)CCCC)C(CSSSSSCC(c1nc2ccccc2s1)[Si](OCC(CC)CCCC)(OCC(CC)CCCC)OCC(CC)CCCC)c1nc2ccccc2s1. The number of nitrogens with zero attached hydrogens (tertiary/aromatic N) is 2. The fourth-order valence-electron chi connectivity index (χ4n) is 10.6. The molecule has 0 aliphatic heterocycles. The predicted octanol–water partition coefficient (Wildman–Crippen LogP) is 23.5. The minimum absolute atomic E-state index is 0.119. The molecule has 4 rings (SSSR count). The zero-order chi connectivity index (χ0) is 60.0. The minimum Gasteiger partial charge on any atom is -0.373 e. The van der Waals surface area contributed by atoms with Crippen molar-refractivity contribution < 1.29 is 26.6 Å². The molecule has 0 radical (unpaired) electrons. The van der Waals surface area contributed by atoms with Crippen molar-refractivity contribution in [2.45, 2.75) is 248 Å². The van der Waals surface area contributed by atoms with Gasteiger partial charge in [0.05, 0.1) is 31.5 Å². The van der Waals surface area contributed by atoms with E-state index in [1.807, 2.05) is 73.7 Å². The first-order chi connectivity index (χ1) is 40.6. The summed E-state index contributed by atoms with van der Waals surface area (Å²) in [7, 11) is 2.45. The number of hydrogen-bond donors (Lipinski definition) is 0. The monoisotopic (exact) mass is 1310 g/mol. The molecule has 8 atom stereocenters. The molecule has 2 aromatic carbocycles. The van der Waals surface area contributed by atoms with E-state index in [4.69, 9.17) is 36.5 Å². The molecule has 476 valence electrons. The Labute approximate surface area is 537 Å². The molecule has 0 bridgehead atoms. The third kappa shape index (κ3) is 26.9. The summed E-state index contributed by atoms with van der Waals surface area (Å²) in [5, 5.41) is 2.17. The normalized spacial score (nSPS) is 16.6. The second kappa shape index (κ2) is 45.4. The molecule has 0 spiro atoms. The number of rotatable bonds is 54. The minimum atomic E-state index is -3.48. The second-order valence-corrected chi connectivity index (χ2v) is 39.0. The van der Waals surface area contributed by atoms with Crippen LogP contribution in [0.15, 0.2) is 48.5 Å². The first-order valence-electron chi connectivity index (χ1n) is 33.4. The Morgan fingerprint density at radius 3 is 0.843 bits per heavy atom. The summed E-state index contributed by atoms with van der Waals surface area (Å²) in [5.41, 5.74) is 1.84. The summed E-state index contributed by atoms with van der Waals surface area (Å²) >= 11 is 3.62. The van der Waals surface area contributed by atoms with Gasteiger partial charge in [-0.3, -0.25) is 0 Å². The van der Waals surface area contributed by atoms with Crippen LogP contribution in [0.4, 0.5) is 0 Å². The van der Waals surface area contributed by atoms with Crippen LogP contribution < -0.4 is 0 Å². The Bertz CT molecular complexity index is 1900. The van der Waals surface area contributed by atoms with Crippen LogP contribution in [-0.2, 0) is 26.6 Å². The van der Waals surface area contributed by atoms with Crippen molar-refractivity contribution in [2.24, 2.45) is 35.5 Å². The van der Waals surface area contributed by atoms with Crippen molar-refractivity contribution in [1.29, 1.82) is 0 Å². The first-order valence-corrected chi connectivity index (χ1v) is 45.1. The van der Waals surface area contributed by atoms with E-state index >= 15 is 0 Å². The van der Waals surface area contributed by atoms with E-state index < -0.39 is 17.6 Å². The van der Waals surface area contributed by atoms with Crippen molar-refractivity contribution in [3.05, 3.63) is 58.5 Å². The highest BCUT2D eigenvalue weighted by Gasteiger charge is 2.55. The molecule has 0 saturated heterocycles. The van der Waals surface area contributed by atoms with E-state index in [2.05, 4.69) is 132 Å². The molecule has 8 unspecified atom stereocenters. The van der Waals surface area contributed by atoms with Gasteiger partial charge in [-0.25, -0.2) is 9.97 Å². The van der Waals surface area contributed by atoms with Gasteiger partial charge in [-0.05, 0) is 128 Å². The zero-order valence-corrected chi connectivity index (χ0v) is 61.8. The van der Waals surface area contributed by atoms with E-state index in [1.54, 1.807) is 0 Å². The molecule has 4 aromatic rings. The average Bonchev–Trinajstić information content (AvgIpc) is 4.28. The van der Waals surface area contributed by atoms with Gasteiger partial charge in [-0.15, -0.1) is 22.7 Å². The van der Waals surface area contributed by atoms with Gasteiger partial charge in [0, 0.05) is 51.1 Å². The smallest absolute Gasteiger partial charge is 0.373 e. The molecule has 0 fully saturated rings. The van der Waals surface area contributed by atoms with Gasteiger partial charge in [0.25, 0.3) is 0 Å². The summed E-state index contributed by atoms with van der Waals surface area (Å²) in [6.45, 7) is 31.7. The Morgan fingerprint density at radius 1 is 0.361 bits per heavy atom. The van der Waals surface area contributed by atoms with Gasteiger partial charge in [0.1, 0.15) is 10.0 Å². The highest BCUT2D eigenvalue weighted by Crippen LogP contribution is 2.53. The summed E-state index contributed by atoms with van der Waals surface area (Å²) in [5.74, 6) is 4.27. The summed E-state index contributed by atoms with van der Waals surface area (Å²) in [4.78, 5) is 10.9. The van der Waals surface area contributed by atoms with Crippen LogP contribution in [0.5, 0.6) is 0 Å². The molecule has 2 aromatic heterocycles. The third-order valence-electron chi connectivity index (χ3n) is 17.1. The fourth-order valence-corrected chi connectivity index (χ4v) is 30.8. The average molecular weight is 1310 g/mol. The molecule has 0 amide bonds. The lowest BCUT2D eigenvalue weighted by Gasteiger charge is -2.38.